The Labute approximate surface area is 460 Å². The van der Waals surface area contributed by atoms with Crippen LogP contribution in [-0.2, 0) is 85.8 Å². The number of halogens is 6. The minimum Gasteiger partial charge on any atom is -0.380 e. The Balaban J connectivity index is 0.000000151. The number of nitrogens with zero attached hydrogens (tertiary/aromatic N) is 10. The van der Waals surface area contributed by atoms with Crippen molar-refractivity contribution < 1.29 is 45.4 Å². The van der Waals surface area contributed by atoms with Crippen LogP contribution in [-0.4, -0.2) is 104 Å². The van der Waals surface area contributed by atoms with E-state index in [9.17, 15) is 35.9 Å². The third-order valence-electron chi connectivity index (χ3n) is 18.9. The summed E-state index contributed by atoms with van der Waals surface area (Å²) in [6.45, 7) is 6.51. The first-order valence-corrected chi connectivity index (χ1v) is 27.9. The van der Waals surface area contributed by atoms with Gasteiger partial charge in [0.2, 0.25) is 0 Å². The molecule has 14 rings (SSSR count). The molecule has 0 unspecified atom stereocenters. The Morgan fingerprint density at radius 2 is 0.975 bits per heavy atom. The summed E-state index contributed by atoms with van der Waals surface area (Å²) < 4.78 is 101. The van der Waals surface area contributed by atoms with Gasteiger partial charge in [0.05, 0.1) is 37.4 Å². The molecule has 2 spiro atoms. The molecule has 8 heterocycles. The maximum atomic E-state index is 14.3. The van der Waals surface area contributed by atoms with E-state index in [1.807, 2.05) is 59.6 Å². The Hall–Kier alpha value is -6.48. The van der Waals surface area contributed by atoms with E-state index in [1.54, 1.807) is 36.9 Å². The summed E-state index contributed by atoms with van der Waals surface area (Å²) in [6, 6.07) is 21.1. The number of carbonyl (C=O) groups is 2. The largest absolute Gasteiger partial charge is 0.416 e. The molecular formula is C60H64F6N10O4. The fourth-order valence-electron chi connectivity index (χ4n) is 13.8. The molecule has 14 nitrogen and oxygen atoms in total. The van der Waals surface area contributed by atoms with E-state index in [-0.39, 0.29) is 58.0 Å². The number of hydrogen-bond acceptors (Lipinski definition) is 10. The van der Waals surface area contributed by atoms with Gasteiger partial charge in [-0.2, -0.15) is 26.3 Å². The summed E-state index contributed by atoms with van der Waals surface area (Å²) in [5, 5.41) is 16.5. The first kappa shape index (κ1) is 52.9. The second-order valence-corrected chi connectivity index (χ2v) is 24.4. The molecule has 4 saturated heterocycles. The summed E-state index contributed by atoms with van der Waals surface area (Å²) in [7, 11) is 3.80. The van der Waals surface area contributed by atoms with Crippen molar-refractivity contribution in [2.45, 2.75) is 114 Å². The lowest BCUT2D eigenvalue weighted by Crippen LogP contribution is -2.31. The number of carbonyl (C=O) groups excluding carboxylic acids is 2. The summed E-state index contributed by atoms with van der Waals surface area (Å²) >= 11 is 0. The van der Waals surface area contributed by atoms with Crippen molar-refractivity contribution in [3.8, 4) is 0 Å². The molecular weight excluding hydrogens is 1040 g/mol. The zero-order valence-electron chi connectivity index (χ0n) is 45.0. The lowest BCUT2D eigenvalue weighted by Gasteiger charge is -2.29. The molecule has 2 atom stereocenters. The smallest absolute Gasteiger partial charge is 0.380 e. The van der Waals surface area contributed by atoms with Gasteiger partial charge in [-0.25, -0.2) is 0 Å². The highest BCUT2D eigenvalue weighted by atomic mass is 19.4. The van der Waals surface area contributed by atoms with Crippen molar-refractivity contribution in [3.05, 3.63) is 153 Å². The number of rotatable bonds is 12. The average Bonchev–Trinajstić information content (AvgIpc) is 4.15. The van der Waals surface area contributed by atoms with Crippen molar-refractivity contribution in [2.75, 3.05) is 62.4 Å². The predicted octanol–water partition coefficient (Wildman–Crippen LogP) is 9.76. The molecule has 6 aromatic rings. The van der Waals surface area contributed by atoms with Gasteiger partial charge in [-0.15, -0.1) is 20.4 Å². The molecule has 2 saturated carbocycles. The molecule has 80 heavy (non-hydrogen) atoms. The fraction of sp³-hybridized carbons (Fsp3) is 0.500. The van der Waals surface area contributed by atoms with E-state index in [2.05, 4.69) is 30.2 Å². The van der Waals surface area contributed by atoms with E-state index < -0.39 is 23.5 Å². The van der Waals surface area contributed by atoms with Gasteiger partial charge in [0.15, 0.2) is 0 Å². The van der Waals surface area contributed by atoms with Crippen LogP contribution in [0.2, 0.25) is 0 Å². The number of fused-ring (bicyclic) bond motifs is 2. The number of ether oxygens (including phenoxy) is 2. The Morgan fingerprint density at radius 1 is 0.550 bits per heavy atom. The number of hydrogen-bond donors (Lipinski definition) is 0. The Morgan fingerprint density at radius 3 is 1.31 bits per heavy atom. The molecule has 420 valence electrons. The Bertz CT molecular complexity index is 3170. The fourth-order valence-corrected chi connectivity index (χ4v) is 13.8. The van der Waals surface area contributed by atoms with Crippen LogP contribution < -0.4 is 9.80 Å². The van der Waals surface area contributed by atoms with Crippen molar-refractivity contribution in [1.29, 1.82) is 0 Å². The highest BCUT2D eigenvalue weighted by Crippen LogP contribution is 2.54. The third kappa shape index (κ3) is 9.90. The van der Waals surface area contributed by atoms with Crippen LogP contribution in [0.1, 0.15) is 128 Å². The maximum Gasteiger partial charge on any atom is 0.416 e. The van der Waals surface area contributed by atoms with Gasteiger partial charge < -0.3 is 28.4 Å². The van der Waals surface area contributed by atoms with E-state index in [4.69, 9.17) is 9.47 Å². The molecule has 20 heteroatoms. The summed E-state index contributed by atoms with van der Waals surface area (Å²) in [5.74, 6) is 0.885. The van der Waals surface area contributed by atoms with E-state index >= 15 is 0 Å². The number of amides is 2. The number of aryl methyl sites for hydroxylation is 2. The predicted molar refractivity (Wildman–Crippen MR) is 284 cm³/mol. The normalized spacial score (nSPS) is 23.9. The number of anilines is 2. The van der Waals surface area contributed by atoms with Crippen LogP contribution in [0.4, 0.5) is 37.7 Å². The highest BCUT2D eigenvalue weighted by molar-refractivity contribution is 6.11. The van der Waals surface area contributed by atoms with Crippen molar-refractivity contribution in [1.82, 2.24) is 39.3 Å². The van der Waals surface area contributed by atoms with Crippen LogP contribution in [0.5, 0.6) is 0 Å². The molecule has 0 radical (unpaired) electrons. The number of likely N-dealkylation sites (tertiary alicyclic amines) is 2. The van der Waals surface area contributed by atoms with Gasteiger partial charge in [0.1, 0.15) is 24.3 Å². The van der Waals surface area contributed by atoms with E-state index in [0.717, 1.165) is 74.6 Å². The molecule has 8 aliphatic rings. The molecule has 0 N–H and O–H groups in total. The van der Waals surface area contributed by atoms with Gasteiger partial charge >= 0.3 is 12.4 Å². The lowest BCUT2D eigenvalue weighted by atomic mass is 9.76. The topological polar surface area (TPSA) is 127 Å². The van der Waals surface area contributed by atoms with Crippen molar-refractivity contribution in [2.24, 2.45) is 24.9 Å². The molecule has 2 aromatic heterocycles. The second-order valence-electron chi connectivity index (χ2n) is 24.4. The SMILES string of the molecule is Cn1cnnc1C[C@@]1(c2cccc(N3Cc4c(cc(CN5CCC6(CC6)C5)cc4C(F)(F)F)C3=O)c2)CCOC1.Cn1cnnc1C[C@]1(c2cccc(N3Cc4c(cc(CN5CCC6(CC6)C5)cc4C(F)(F)F)C3=O)c2)CCOC1. The van der Waals surface area contributed by atoms with E-state index in [0.29, 0.717) is 85.7 Å². The maximum absolute atomic E-state index is 14.3. The van der Waals surface area contributed by atoms with Crippen LogP contribution in [0.15, 0.2) is 85.5 Å². The first-order valence-electron chi connectivity index (χ1n) is 27.9. The van der Waals surface area contributed by atoms with Gasteiger partial charge in [-0.05, 0) is 157 Å². The van der Waals surface area contributed by atoms with Gasteiger partial charge in [-0.3, -0.25) is 19.4 Å². The molecule has 0 bridgehead atoms. The van der Waals surface area contributed by atoms with Gasteiger partial charge in [-0.1, -0.05) is 24.3 Å². The molecule has 6 fully saturated rings. The summed E-state index contributed by atoms with van der Waals surface area (Å²) in [5.41, 5.74) is 3.35. The quantitative estimate of drug-likeness (QED) is 0.109. The zero-order valence-corrected chi connectivity index (χ0v) is 45.0. The number of aromatic nitrogens is 6. The Kier molecular flexibility index (Phi) is 13.0. The molecule has 6 aliphatic heterocycles. The van der Waals surface area contributed by atoms with E-state index in [1.165, 1.54) is 47.6 Å². The monoisotopic (exact) mass is 1100 g/mol. The van der Waals surface area contributed by atoms with Crippen LogP contribution in [0.25, 0.3) is 0 Å². The molecule has 4 aromatic carbocycles. The highest BCUT2D eigenvalue weighted by Gasteiger charge is 2.50. The summed E-state index contributed by atoms with van der Waals surface area (Å²) in [4.78, 5) is 34.8. The van der Waals surface area contributed by atoms with Crippen LogP contribution >= 0.6 is 0 Å². The van der Waals surface area contributed by atoms with Gasteiger partial charge in [0, 0.05) is 99.7 Å². The lowest BCUT2D eigenvalue weighted by molar-refractivity contribution is -0.139. The zero-order chi connectivity index (χ0) is 55.4. The third-order valence-corrected chi connectivity index (χ3v) is 18.9. The van der Waals surface area contributed by atoms with Crippen molar-refractivity contribution >= 4 is 23.2 Å². The van der Waals surface area contributed by atoms with Crippen molar-refractivity contribution in [3.63, 3.8) is 0 Å². The minimum atomic E-state index is -4.54. The second kappa shape index (κ2) is 19.6. The number of alkyl halides is 6. The standard InChI is InChI=1S/2C30H32F3N5O2/c2*1-36-19-34-35-26(36)14-29(8-10-40-18-29)21-3-2-4-22(13-21)38-16-24-23(27(38)39)11-20(12-25(24)30(31,32)33)15-37-9-7-28(17-37)5-6-28/h2*2-4,11-13,19H,5-10,14-18H2,1H3/t2*29-/m10/s1. The van der Waals surface area contributed by atoms with Crippen LogP contribution in [0.3, 0.4) is 0 Å². The molecule has 2 amide bonds. The molecule has 2 aliphatic carbocycles. The minimum absolute atomic E-state index is 0.0599. The van der Waals surface area contributed by atoms with Crippen LogP contribution in [0, 0.1) is 10.8 Å². The van der Waals surface area contributed by atoms with Gasteiger partial charge in [0.25, 0.3) is 11.8 Å². The number of benzene rings is 4. The summed E-state index contributed by atoms with van der Waals surface area (Å²) in [6.07, 6.45) is 4.07. The first-order chi connectivity index (χ1) is 38.3. The average molecular weight is 1100 g/mol.